The summed E-state index contributed by atoms with van der Waals surface area (Å²) in [5.41, 5.74) is 18.5. The summed E-state index contributed by atoms with van der Waals surface area (Å²) < 4.78 is 1.52. The molecule has 0 spiro atoms. The zero-order valence-electron chi connectivity index (χ0n) is 17.2. The van der Waals surface area contributed by atoms with Gasteiger partial charge in [-0.2, -0.15) is 4.98 Å². The first-order valence-electron chi connectivity index (χ1n) is 10.3. The number of amides is 1. The van der Waals surface area contributed by atoms with E-state index in [-0.39, 0.29) is 29.9 Å². The number of carbonyl (C=O) groups excluding carboxylic acids is 1. The van der Waals surface area contributed by atoms with Crippen LogP contribution in [0.4, 0.5) is 23.1 Å². The monoisotopic (exact) mass is 422 g/mol. The van der Waals surface area contributed by atoms with Crippen LogP contribution in [-0.2, 0) is 6.54 Å². The van der Waals surface area contributed by atoms with Gasteiger partial charge in [-0.3, -0.25) is 9.59 Å². The summed E-state index contributed by atoms with van der Waals surface area (Å²) in [6, 6.07) is 8.07. The maximum Gasteiger partial charge on any atom is 0.256 e. The van der Waals surface area contributed by atoms with Crippen molar-refractivity contribution in [2.75, 3.05) is 35.6 Å². The molecule has 1 fully saturated rings. The minimum absolute atomic E-state index is 0.0500. The lowest BCUT2D eigenvalue weighted by molar-refractivity contribution is 0.0999. The van der Waals surface area contributed by atoms with Gasteiger partial charge in [0.15, 0.2) is 5.65 Å². The van der Waals surface area contributed by atoms with Crippen LogP contribution in [0, 0.1) is 0 Å². The number of benzene rings is 1. The molecule has 7 N–H and O–H groups in total. The molecule has 2 aromatic heterocycles. The zero-order valence-corrected chi connectivity index (χ0v) is 17.2. The number of piperidine rings is 1. The van der Waals surface area contributed by atoms with Crippen molar-refractivity contribution in [2.24, 2.45) is 11.5 Å². The maximum atomic E-state index is 12.7. The Morgan fingerprint density at radius 1 is 1.13 bits per heavy atom. The van der Waals surface area contributed by atoms with Crippen LogP contribution in [0.25, 0.3) is 11.0 Å². The molecule has 3 aromatic rings. The molecule has 0 unspecified atom stereocenters. The molecular weight excluding hydrogens is 396 g/mol. The third kappa shape index (κ3) is 4.02. The molecule has 1 aliphatic rings. The fraction of sp³-hybridized carbons (Fsp3) is 0.333. The van der Waals surface area contributed by atoms with Crippen LogP contribution in [0.1, 0.15) is 29.6 Å². The van der Waals surface area contributed by atoms with Crippen molar-refractivity contribution in [2.45, 2.75) is 25.8 Å². The first kappa shape index (κ1) is 20.6. The predicted octanol–water partition coefficient (Wildman–Crippen LogP) is 1.17. The first-order valence-corrected chi connectivity index (χ1v) is 10.3. The van der Waals surface area contributed by atoms with E-state index in [2.05, 4.69) is 32.3 Å². The molecule has 10 nitrogen and oxygen atoms in total. The lowest BCUT2D eigenvalue weighted by Crippen LogP contribution is -2.29. The Kier molecular flexibility index (Phi) is 5.72. The zero-order chi connectivity index (χ0) is 22.0. The van der Waals surface area contributed by atoms with Crippen LogP contribution in [-0.4, -0.2) is 40.1 Å². The lowest BCUT2D eigenvalue weighted by Gasteiger charge is -2.28. The minimum Gasteiger partial charge on any atom is -0.384 e. The number of aromatic nitrogens is 3. The Labute approximate surface area is 179 Å². The average Bonchev–Trinajstić information content (AvgIpc) is 2.77. The van der Waals surface area contributed by atoms with E-state index in [1.807, 2.05) is 12.1 Å². The quantitative estimate of drug-likeness (QED) is 0.461. The van der Waals surface area contributed by atoms with Gasteiger partial charge in [-0.15, -0.1) is 0 Å². The Balaban J connectivity index is 1.67. The summed E-state index contributed by atoms with van der Waals surface area (Å²) in [4.78, 5) is 35.5. The van der Waals surface area contributed by atoms with E-state index in [1.54, 1.807) is 0 Å². The van der Waals surface area contributed by atoms with Crippen molar-refractivity contribution in [3.8, 4) is 0 Å². The molecule has 0 atom stereocenters. The standard InChI is InChI=1S/C21H26N8O2/c22-8-11-29-18(23)16(19(24)31)17(30)15-12-25-21(27-20(15)29)26-13-4-6-14(7-5-13)28-9-2-1-3-10-28/h4-7,12H,1-3,8-11,22-23H2,(H2,24,31)(H,25,26,27). The topological polar surface area (TPSA) is 158 Å². The molecule has 0 bridgehead atoms. The van der Waals surface area contributed by atoms with Gasteiger partial charge in [0.05, 0.1) is 5.39 Å². The van der Waals surface area contributed by atoms with E-state index in [1.165, 1.54) is 35.7 Å². The summed E-state index contributed by atoms with van der Waals surface area (Å²) in [5, 5.41) is 3.31. The van der Waals surface area contributed by atoms with Gasteiger partial charge >= 0.3 is 0 Å². The minimum atomic E-state index is -0.897. The number of hydrogen-bond acceptors (Lipinski definition) is 8. The van der Waals surface area contributed by atoms with Gasteiger partial charge in [0.2, 0.25) is 11.4 Å². The number of rotatable bonds is 6. The smallest absolute Gasteiger partial charge is 0.256 e. The molecule has 162 valence electrons. The molecule has 4 rings (SSSR count). The summed E-state index contributed by atoms with van der Waals surface area (Å²) >= 11 is 0. The Morgan fingerprint density at radius 3 is 2.48 bits per heavy atom. The van der Waals surface area contributed by atoms with E-state index in [0.717, 1.165) is 18.8 Å². The van der Waals surface area contributed by atoms with Gasteiger partial charge in [0.25, 0.3) is 5.91 Å². The largest absolute Gasteiger partial charge is 0.384 e. The van der Waals surface area contributed by atoms with Crippen molar-refractivity contribution in [3.63, 3.8) is 0 Å². The number of hydrogen-bond donors (Lipinski definition) is 4. The third-order valence-electron chi connectivity index (χ3n) is 5.49. The summed E-state index contributed by atoms with van der Waals surface area (Å²) in [6.07, 6.45) is 5.09. The van der Waals surface area contributed by atoms with Crippen LogP contribution in [0.5, 0.6) is 0 Å². The summed E-state index contributed by atoms with van der Waals surface area (Å²) in [6.45, 7) is 2.66. The fourth-order valence-electron chi connectivity index (χ4n) is 3.93. The van der Waals surface area contributed by atoms with E-state index in [4.69, 9.17) is 17.2 Å². The normalized spacial score (nSPS) is 14.0. The van der Waals surface area contributed by atoms with Crippen molar-refractivity contribution >= 4 is 40.1 Å². The highest BCUT2D eigenvalue weighted by Crippen LogP contribution is 2.24. The molecule has 0 radical (unpaired) electrons. The number of nitrogens with one attached hydrogen (secondary N) is 1. The number of fused-ring (bicyclic) bond motifs is 1. The third-order valence-corrected chi connectivity index (χ3v) is 5.49. The molecule has 1 aliphatic heterocycles. The van der Waals surface area contributed by atoms with Crippen molar-refractivity contribution in [3.05, 3.63) is 46.2 Å². The Morgan fingerprint density at radius 2 is 1.84 bits per heavy atom. The summed E-state index contributed by atoms with van der Waals surface area (Å²) in [5.74, 6) is -0.647. The van der Waals surface area contributed by atoms with E-state index >= 15 is 0 Å². The molecular formula is C21H26N8O2. The first-order chi connectivity index (χ1) is 15.0. The molecule has 3 heterocycles. The molecule has 1 amide bonds. The van der Waals surface area contributed by atoms with Crippen LogP contribution in [0.15, 0.2) is 35.3 Å². The van der Waals surface area contributed by atoms with Gasteiger partial charge in [-0.25, -0.2) is 4.98 Å². The maximum absolute atomic E-state index is 12.7. The number of nitrogens with two attached hydrogens (primary N) is 3. The Bertz CT molecular complexity index is 1170. The van der Waals surface area contributed by atoms with Crippen LogP contribution in [0.3, 0.4) is 0 Å². The van der Waals surface area contributed by atoms with Gasteiger partial charge in [0.1, 0.15) is 11.4 Å². The highest BCUT2D eigenvalue weighted by Gasteiger charge is 2.20. The molecule has 31 heavy (non-hydrogen) atoms. The van der Waals surface area contributed by atoms with Gasteiger partial charge < -0.3 is 32.0 Å². The number of nitrogens with zero attached hydrogens (tertiary/aromatic N) is 4. The van der Waals surface area contributed by atoms with Gasteiger partial charge in [-0.05, 0) is 43.5 Å². The molecule has 1 aromatic carbocycles. The van der Waals surface area contributed by atoms with Crippen LogP contribution < -0.4 is 32.8 Å². The molecule has 10 heteroatoms. The number of anilines is 4. The Hall–Kier alpha value is -3.66. The molecule has 0 aliphatic carbocycles. The highest BCUT2D eigenvalue weighted by molar-refractivity contribution is 6.00. The predicted molar refractivity (Wildman–Crippen MR) is 122 cm³/mol. The SMILES string of the molecule is NCCn1c(N)c(C(N)=O)c(=O)c2cnc(Nc3ccc(N4CCCCC4)cc3)nc21. The van der Waals surface area contributed by atoms with Crippen LogP contribution >= 0.6 is 0 Å². The fourth-order valence-corrected chi connectivity index (χ4v) is 3.93. The van der Waals surface area contributed by atoms with Crippen molar-refractivity contribution < 1.29 is 4.79 Å². The van der Waals surface area contributed by atoms with Crippen LogP contribution in [0.2, 0.25) is 0 Å². The number of carbonyl (C=O) groups is 1. The molecule has 1 saturated heterocycles. The lowest BCUT2D eigenvalue weighted by atomic mass is 10.1. The van der Waals surface area contributed by atoms with Crippen molar-refractivity contribution in [1.82, 2.24) is 14.5 Å². The van der Waals surface area contributed by atoms with E-state index in [9.17, 15) is 9.59 Å². The number of primary amides is 1. The number of nitrogen functional groups attached to an aromatic ring is 1. The second-order valence-corrected chi connectivity index (χ2v) is 7.54. The van der Waals surface area contributed by atoms with E-state index < -0.39 is 11.3 Å². The average molecular weight is 422 g/mol. The van der Waals surface area contributed by atoms with Gasteiger partial charge in [-0.1, -0.05) is 0 Å². The number of pyridine rings is 1. The summed E-state index contributed by atoms with van der Waals surface area (Å²) in [7, 11) is 0. The highest BCUT2D eigenvalue weighted by atomic mass is 16.2. The van der Waals surface area contributed by atoms with E-state index in [0.29, 0.717) is 11.6 Å². The van der Waals surface area contributed by atoms with Crippen molar-refractivity contribution in [1.29, 1.82) is 0 Å². The second kappa shape index (κ2) is 8.60. The molecule has 0 saturated carbocycles. The van der Waals surface area contributed by atoms with Gasteiger partial charge in [0, 0.05) is 43.8 Å². The second-order valence-electron chi connectivity index (χ2n) is 7.54.